The molecule has 1 aromatic carbocycles. The maximum atomic E-state index is 13.8. The van der Waals surface area contributed by atoms with Crippen molar-refractivity contribution < 1.29 is 13.6 Å². The Labute approximate surface area is 138 Å². The summed E-state index contributed by atoms with van der Waals surface area (Å²) in [6.07, 6.45) is 4.17. The molecule has 0 aliphatic heterocycles. The summed E-state index contributed by atoms with van der Waals surface area (Å²) in [5.74, 6) is -0.632. The van der Waals surface area contributed by atoms with Crippen LogP contribution in [0.1, 0.15) is 24.5 Å². The number of benzene rings is 1. The zero-order valence-corrected chi connectivity index (χ0v) is 14.1. The highest BCUT2D eigenvalue weighted by molar-refractivity contribution is 7.99. The molecular weight excluding hydrogens is 320 g/mol. The molecule has 0 bridgehead atoms. The summed E-state index contributed by atoms with van der Waals surface area (Å²) < 4.78 is 28.6. The lowest BCUT2D eigenvalue weighted by Crippen LogP contribution is -2.26. The molecule has 0 spiro atoms. The van der Waals surface area contributed by atoms with Gasteiger partial charge in [-0.05, 0) is 37.8 Å². The van der Waals surface area contributed by atoms with Crippen LogP contribution in [-0.4, -0.2) is 27.2 Å². The molecule has 2 aromatic rings. The van der Waals surface area contributed by atoms with Gasteiger partial charge in [0, 0.05) is 11.1 Å². The maximum Gasteiger partial charge on any atom is 0.238 e. The highest BCUT2D eigenvalue weighted by atomic mass is 32.2. The Bertz CT molecular complexity index is 699. The van der Waals surface area contributed by atoms with Crippen molar-refractivity contribution in [2.24, 2.45) is 0 Å². The lowest BCUT2D eigenvalue weighted by molar-refractivity contribution is -0.115. The number of amides is 1. The van der Waals surface area contributed by atoms with E-state index in [9.17, 15) is 13.6 Å². The van der Waals surface area contributed by atoms with Gasteiger partial charge in [0.15, 0.2) is 0 Å². The highest BCUT2D eigenvalue weighted by Crippen LogP contribution is 2.20. The van der Waals surface area contributed by atoms with E-state index in [1.807, 2.05) is 13.2 Å². The summed E-state index contributed by atoms with van der Waals surface area (Å²) in [5, 5.41) is 6.83. The van der Waals surface area contributed by atoms with Gasteiger partial charge in [-0.2, -0.15) is 16.9 Å². The molecule has 0 unspecified atom stereocenters. The topological polar surface area (TPSA) is 46.9 Å². The second-order valence-electron chi connectivity index (χ2n) is 5.19. The Balaban J connectivity index is 2.25. The van der Waals surface area contributed by atoms with E-state index < -0.39 is 11.6 Å². The molecule has 124 valence electrons. The smallest absolute Gasteiger partial charge is 0.238 e. The van der Waals surface area contributed by atoms with Crippen molar-refractivity contribution >= 4 is 23.5 Å². The van der Waals surface area contributed by atoms with Crippen LogP contribution in [0.3, 0.4) is 0 Å². The predicted octanol–water partition coefficient (Wildman–Crippen LogP) is 3.60. The lowest BCUT2D eigenvalue weighted by atomic mass is 10.2. The van der Waals surface area contributed by atoms with E-state index in [0.29, 0.717) is 12.2 Å². The van der Waals surface area contributed by atoms with Gasteiger partial charge in [-0.1, -0.05) is 6.92 Å². The van der Waals surface area contributed by atoms with Crippen molar-refractivity contribution in [1.29, 1.82) is 0 Å². The third-order valence-electron chi connectivity index (χ3n) is 3.54. The molecule has 0 saturated heterocycles. The van der Waals surface area contributed by atoms with Gasteiger partial charge < -0.3 is 5.32 Å². The van der Waals surface area contributed by atoms with Gasteiger partial charge in [0.05, 0.1) is 18.0 Å². The molecule has 0 aliphatic carbocycles. The molecule has 1 aromatic heterocycles. The first kappa shape index (κ1) is 17.5. The number of aryl methyl sites for hydroxylation is 1. The minimum atomic E-state index is -0.510. The second-order valence-corrected chi connectivity index (χ2v) is 6.23. The van der Waals surface area contributed by atoms with Crippen LogP contribution in [0.25, 0.3) is 0 Å². The fourth-order valence-electron chi connectivity index (χ4n) is 2.24. The van der Waals surface area contributed by atoms with Crippen LogP contribution in [0.2, 0.25) is 0 Å². The Morgan fingerprint density at radius 2 is 2.17 bits per heavy atom. The Hall–Kier alpha value is -1.89. The number of hydrogen-bond donors (Lipinski definition) is 1. The number of thioether (sulfide) groups is 1. The van der Waals surface area contributed by atoms with E-state index in [4.69, 9.17) is 0 Å². The second kappa shape index (κ2) is 7.59. The Kier molecular flexibility index (Phi) is 5.76. The number of hydrogen-bond acceptors (Lipinski definition) is 3. The van der Waals surface area contributed by atoms with Gasteiger partial charge in [-0.25, -0.2) is 13.5 Å². The molecule has 7 heteroatoms. The molecule has 1 atom stereocenters. The van der Waals surface area contributed by atoms with Crippen molar-refractivity contribution in [3.63, 3.8) is 0 Å². The van der Waals surface area contributed by atoms with Crippen molar-refractivity contribution in [3.8, 4) is 0 Å². The predicted molar refractivity (Wildman–Crippen MR) is 88.6 cm³/mol. The molecule has 4 nitrogen and oxygen atoms in total. The van der Waals surface area contributed by atoms with E-state index in [0.717, 1.165) is 23.8 Å². The molecule has 0 fully saturated rings. The Morgan fingerprint density at radius 1 is 1.43 bits per heavy atom. The third kappa shape index (κ3) is 4.10. The first-order valence-corrected chi connectivity index (χ1v) is 8.55. The normalized spacial score (nSPS) is 12.2. The number of halogens is 2. The fourth-order valence-corrected chi connectivity index (χ4v) is 2.85. The molecule has 0 aliphatic rings. The minimum absolute atomic E-state index is 0.0447. The van der Waals surface area contributed by atoms with Crippen LogP contribution in [0.4, 0.5) is 14.6 Å². The first-order valence-electron chi connectivity index (χ1n) is 7.26. The van der Waals surface area contributed by atoms with Crippen molar-refractivity contribution in [3.05, 3.63) is 47.2 Å². The third-order valence-corrected chi connectivity index (χ3v) is 4.66. The zero-order valence-electron chi connectivity index (χ0n) is 13.3. The average Bonchev–Trinajstić information content (AvgIpc) is 2.85. The maximum absolute atomic E-state index is 13.8. The number of carbonyl (C=O) groups is 1. The fraction of sp³-hybridized carbons (Fsp3) is 0.375. The quantitative estimate of drug-likeness (QED) is 0.875. The van der Waals surface area contributed by atoms with Crippen LogP contribution in [0.5, 0.6) is 0 Å². The van der Waals surface area contributed by atoms with Gasteiger partial charge in [-0.3, -0.25) is 4.79 Å². The summed E-state index contributed by atoms with van der Waals surface area (Å²) in [4.78, 5) is 12.2. The van der Waals surface area contributed by atoms with E-state index in [2.05, 4.69) is 10.4 Å². The van der Waals surface area contributed by atoms with Gasteiger partial charge in [0.2, 0.25) is 5.91 Å². The molecule has 1 amide bonds. The SMILES string of the molecule is CC[C@@H](SC)C(=O)Nc1c(C)cnn1Cc1cc(F)ccc1F. The van der Waals surface area contributed by atoms with Gasteiger partial charge in [0.25, 0.3) is 0 Å². The largest absolute Gasteiger partial charge is 0.310 e. The van der Waals surface area contributed by atoms with E-state index in [1.54, 1.807) is 13.1 Å². The van der Waals surface area contributed by atoms with Crippen LogP contribution in [-0.2, 0) is 11.3 Å². The average molecular weight is 339 g/mol. The molecule has 1 N–H and O–H groups in total. The number of aromatic nitrogens is 2. The molecule has 23 heavy (non-hydrogen) atoms. The van der Waals surface area contributed by atoms with Crippen molar-refractivity contribution in [1.82, 2.24) is 9.78 Å². The van der Waals surface area contributed by atoms with Gasteiger partial charge in [-0.15, -0.1) is 0 Å². The van der Waals surface area contributed by atoms with Crippen molar-refractivity contribution in [2.45, 2.75) is 32.1 Å². The summed E-state index contributed by atoms with van der Waals surface area (Å²) in [6.45, 7) is 3.79. The van der Waals surface area contributed by atoms with Crippen LogP contribution in [0, 0.1) is 18.6 Å². The van der Waals surface area contributed by atoms with E-state index >= 15 is 0 Å². The number of rotatable bonds is 6. The minimum Gasteiger partial charge on any atom is -0.310 e. The van der Waals surface area contributed by atoms with Crippen LogP contribution >= 0.6 is 11.8 Å². The number of carbonyl (C=O) groups excluding carboxylic acids is 1. The van der Waals surface area contributed by atoms with Gasteiger partial charge >= 0.3 is 0 Å². The summed E-state index contributed by atoms with van der Waals surface area (Å²) in [7, 11) is 0. The summed E-state index contributed by atoms with van der Waals surface area (Å²) in [6, 6.07) is 3.29. The molecule has 0 radical (unpaired) electrons. The molecule has 0 saturated carbocycles. The number of nitrogens with one attached hydrogen (secondary N) is 1. The Morgan fingerprint density at radius 3 is 2.83 bits per heavy atom. The van der Waals surface area contributed by atoms with E-state index in [-0.39, 0.29) is 23.3 Å². The first-order chi connectivity index (χ1) is 11.0. The number of anilines is 1. The molecule has 2 rings (SSSR count). The van der Waals surface area contributed by atoms with Crippen LogP contribution < -0.4 is 5.32 Å². The lowest BCUT2D eigenvalue weighted by Gasteiger charge is -2.15. The highest BCUT2D eigenvalue weighted by Gasteiger charge is 2.19. The zero-order chi connectivity index (χ0) is 17.0. The number of nitrogens with zero attached hydrogens (tertiary/aromatic N) is 2. The van der Waals surface area contributed by atoms with Crippen molar-refractivity contribution in [2.75, 3.05) is 11.6 Å². The van der Waals surface area contributed by atoms with E-state index in [1.165, 1.54) is 16.4 Å². The van der Waals surface area contributed by atoms with Gasteiger partial charge in [0.1, 0.15) is 17.5 Å². The summed E-state index contributed by atoms with van der Waals surface area (Å²) in [5.41, 5.74) is 0.951. The monoisotopic (exact) mass is 339 g/mol. The van der Waals surface area contributed by atoms with Crippen LogP contribution in [0.15, 0.2) is 24.4 Å². The summed E-state index contributed by atoms with van der Waals surface area (Å²) >= 11 is 1.47. The molecular formula is C16H19F2N3OS. The molecule has 1 heterocycles. The standard InChI is InChI=1S/C16H19F2N3OS/c1-4-14(23-3)16(22)20-15-10(2)8-19-21(15)9-11-7-12(17)5-6-13(11)18/h5-8,14H,4,9H2,1-3H3,(H,20,22)/t14-/m1/s1.